The number of aromatic nitrogens is 6. The van der Waals surface area contributed by atoms with Gasteiger partial charge in [-0.15, -0.1) is 10.2 Å². The summed E-state index contributed by atoms with van der Waals surface area (Å²) in [6, 6.07) is 6.77. The topological polar surface area (TPSA) is 123 Å². The number of nitrogens with zero attached hydrogens (tertiary/aromatic N) is 5. The molecule has 0 unspecified atom stereocenters. The Bertz CT molecular complexity index is 1230. The number of pyridine rings is 1. The monoisotopic (exact) mass is 436 g/mol. The Balaban J connectivity index is 1.45. The van der Waals surface area contributed by atoms with Gasteiger partial charge >= 0.3 is 6.03 Å². The van der Waals surface area contributed by atoms with Gasteiger partial charge in [-0.25, -0.2) is 9.18 Å². The molecule has 0 aliphatic heterocycles. The average molecular weight is 436 g/mol. The number of benzene rings is 1. The summed E-state index contributed by atoms with van der Waals surface area (Å²) in [5.74, 6) is 0.679. The molecule has 0 radical (unpaired) electrons. The molecule has 32 heavy (non-hydrogen) atoms. The van der Waals surface area contributed by atoms with E-state index in [9.17, 15) is 9.18 Å². The quantitative estimate of drug-likeness (QED) is 0.426. The number of amides is 2. The SMILES string of the molecule is CC(C)(C)n1cc(NC(=O)Nc2cc(Oc3ccnc(-c4nnc[nH]4)c3)ccc2F)cn1. The number of nitrogens with one attached hydrogen (secondary N) is 3. The average Bonchev–Trinajstić information content (AvgIpc) is 3.43. The van der Waals surface area contributed by atoms with Crippen molar-refractivity contribution in [3.8, 4) is 23.0 Å². The summed E-state index contributed by atoms with van der Waals surface area (Å²) in [7, 11) is 0. The molecule has 0 bridgehead atoms. The zero-order valence-corrected chi connectivity index (χ0v) is 17.6. The van der Waals surface area contributed by atoms with Crippen LogP contribution < -0.4 is 15.4 Å². The highest BCUT2D eigenvalue weighted by atomic mass is 19.1. The van der Waals surface area contributed by atoms with E-state index < -0.39 is 11.8 Å². The van der Waals surface area contributed by atoms with Crippen molar-refractivity contribution in [2.75, 3.05) is 10.6 Å². The van der Waals surface area contributed by atoms with Gasteiger partial charge in [-0.3, -0.25) is 9.67 Å². The van der Waals surface area contributed by atoms with Crippen LogP contribution >= 0.6 is 0 Å². The van der Waals surface area contributed by atoms with Crippen LogP contribution in [0.5, 0.6) is 11.5 Å². The maximum Gasteiger partial charge on any atom is 0.323 e. The third kappa shape index (κ3) is 4.89. The summed E-state index contributed by atoms with van der Waals surface area (Å²) in [5.41, 5.74) is 0.763. The van der Waals surface area contributed by atoms with E-state index in [1.807, 2.05) is 20.8 Å². The second kappa shape index (κ2) is 8.46. The van der Waals surface area contributed by atoms with E-state index in [4.69, 9.17) is 4.74 Å². The van der Waals surface area contributed by atoms with Crippen LogP contribution in [0.1, 0.15) is 20.8 Å². The normalized spacial score (nSPS) is 11.2. The molecule has 0 spiro atoms. The first-order valence-corrected chi connectivity index (χ1v) is 9.71. The molecule has 10 nitrogen and oxygen atoms in total. The van der Waals surface area contributed by atoms with Crippen molar-refractivity contribution in [2.24, 2.45) is 0 Å². The number of H-pyrrole nitrogens is 1. The number of urea groups is 1. The van der Waals surface area contributed by atoms with Crippen molar-refractivity contribution in [1.82, 2.24) is 29.9 Å². The Kier molecular flexibility index (Phi) is 5.54. The standard InChI is InChI=1S/C21H21FN8O2/c1-21(2,3)30-11-13(10-26-30)27-20(31)28-17-8-14(4-5-16(17)22)32-15-6-7-23-18(9-15)19-24-12-25-29-19/h4-12H,1-3H3,(H,24,25,29)(H2,27,28,31). The van der Waals surface area contributed by atoms with Gasteiger partial charge in [0.1, 0.15) is 29.3 Å². The molecule has 3 heterocycles. The molecule has 11 heteroatoms. The number of ether oxygens (including phenoxy) is 1. The fourth-order valence-electron chi connectivity index (χ4n) is 2.77. The number of hydrogen-bond acceptors (Lipinski definition) is 6. The van der Waals surface area contributed by atoms with Crippen molar-refractivity contribution in [1.29, 1.82) is 0 Å². The Labute approximate surface area is 182 Å². The highest BCUT2D eigenvalue weighted by Crippen LogP contribution is 2.28. The maximum absolute atomic E-state index is 14.3. The van der Waals surface area contributed by atoms with E-state index in [1.54, 1.807) is 29.2 Å². The lowest BCUT2D eigenvalue weighted by Gasteiger charge is -2.18. The van der Waals surface area contributed by atoms with Crippen LogP contribution in [0.3, 0.4) is 0 Å². The van der Waals surface area contributed by atoms with Crippen LogP contribution in [0.4, 0.5) is 20.6 Å². The molecule has 0 aliphatic carbocycles. The number of anilines is 2. The molecule has 3 N–H and O–H groups in total. The summed E-state index contributed by atoms with van der Waals surface area (Å²) in [6.45, 7) is 5.96. The zero-order valence-electron chi connectivity index (χ0n) is 17.6. The first-order valence-electron chi connectivity index (χ1n) is 9.71. The van der Waals surface area contributed by atoms with Crippen LogP contribution in [-0.4, -0.2) is 36.0 Å². The molecule has 4 aromatic rings. The van der Waals surface area contributed by atoms with E-state index in [0.717, 1.165) is 0 Å². The molecular weight excluding hydrogens is 415 g/mol. The Morgan fingerprint density at radius 3 is 2.69 bits per heavy atom. The summed E-state index contributed by atoms with van der Waals surface area (Å²) in [6.07, 6.45) is 6.23. The molecule has 0 saturated heterocycles. The highest BCUT2D eigenvalue weighted by Gasteiger charge is 2.15. The van der Waals surface area contributed by atoms with Crippen molar-refractivity contribution in [2.45, 2.75) is 26.3 Å². The molecule has 2 amide bonds. The van der Waals surface area contributed by atoms with Crippen molar-refractivity contribution >= 4 is 17.4 Å². The first-order chi connectivity index (χ1) is 15.3. The van der Waals surface area contributed by atoms with Crippen molar-refractivity contribution in [3.63, 3.8) is 0 Å². The van der Waals surface area contributed by atoms with Gasteiger partial charge in [0.15, 0.2) is 5.82 Å². The van der Waals surface area contributed by atoms with E-state index in [-0.39, 0.29) is 11.2 Å². The third-order valence-corrected chi connectivity index (χ3v) is 4.34. The van der Waals surface area contributed by atoms with E-state index in [0.29, 0.717) is 28.7 Å². The molecule has 1 aromatic carbocycles. The fraction of sp³-hybridized carbons (Fsp3) is 0.190. The summed E-state index contributed by atoms with van der Waals surface area (Å²) >= 11 is 0. The molecule has 3 aromatic heterocycles. The van der Waals surface area contributed by atoms with Crippen LogP contribution in [0.15, 0.2) is 55.2 Å². The van der Waals surface area contributed by atoms with Gasteiger partial charge < -0.3 is 20.4 Å². The number of rotatable bonds is 5. The van der Waals surface area contributed by atoms with Gasteiger partial charge in [0.2, 0.25) is 0 Å². The van der Waals surface area contributed by atoms with Crippen LogP contribution in [-0.2, 0) is 5.54 Å². The van der Waals surface area contributed by atoms with Gasteiger partial charge in [0.05, 0.1) is 23.1 Å². The van der Waals surface area contributed by atoms with E-state index >= 15 is 0 Å². The van der Waals surface area contributed by atoms with Gasteiger partial charge in [-0.05, 0) is 39.0 Å². The summed E-state index contributed by atoms with van der Waals surface area (Å²) in [5, 5.41) is 17.0. The van der Waals surface area contributed by atoms with Gasteiger partial charge in [-0.2, -0.15) is 5.10 Å². The lowest BCUT2D eigenvalue weighted by Crippen LogP contribution is -2.22. The van der Waals surface area contributed by atoms with Gasteiger partial charge in [0.25, 0.3) is 0 Å². The molecule has 0 fully saturated rings. The lowest BCUT2D eigenvalue weighted by atomic mass is 10.1. The molecule has 0 saturated carbocycles. The Morgan fingerprint density at radius 1 is 1.16 bits per heavy atom. The zero-order chi connectivity index (χ0) is 22.7. The number of aromatic amines is 1. The molecule has 164 valence electrons. The molecule has 0 aliphatic rings. The predicted octanol–water partition coefficient (Wildman–Crippen LogP) is 4.39. The van der Waals surface area contributed by atoms with E-state index in [2.05, 4.69) is 35.9 Å². The number of hydrogen-bond donors (Lipinski definition) is 3. The predicted molar refractivity (Wildman–Crippen MR) is 116 cm³/mol. The van der Waals surface area contributed by atoms with Crippen LogP contribution in [0.25, 0.3) is 11.5 Å². The summed E-state index contributed by atoms with van der Waals surface area (Å²) in [4.78, 5) is 19.4. The largest absolute Gasteiger partial charge is 0.457 e. The Hall–Kier alpha value is -4.28. The smallest absolute Gasteiger partial charge is 0.323 e. The number of carbonyl (C=O) groups excluding carboxylic acids is 1. The number of carbonyl (C=O) groups is 1. The molecule has 0 atom stereocenters. The molecule has 4 rings (SSSR count). The molecular formula is C21H21FN8O2. The van der Waals surface area contributed by atoms with Crippen molar-refractivity contribution in [3.05, 3.63) is 61.1 Å². The summed E-state index contributed by atoms with van der Waals surface area (Å²) < 4.78 is 21.8. The first kappa shape index (κ1) is 21.0. The highest BCUT2D eigenvalue weighted by molar-refractivity contribution is 5.99. The van der Waals surface area contributed by atoms with Crippen LogP contribution in [0.2, 0.25) is 0 Å². The second-order valence-electron chi connectivity index (χ2n) is 7.88. The lowest BCUT2D eigenvalue weighted by molar-refractivity contribution is 0.262. The van der Waals surface area contributed by atoms with Crippen molar-refractivity contribution < 1.29 is 13.9 Å². The van der Waals surface area contributed by atoms with Crippen LogP contribution in [0, 0.1) is 5.82 Å². The minimum Gasteiger partial charge on any atom is -0.457 e. The number of halogens is 1. The Morgan fingerprint density at radius 2 is 1.97 bits per heavy atom. The van der Waals surface area contributed by atoms with Gasteiger partial charge in [0, 0.05) is 24.5 Å². The minimum atomic E-state index is -0.606. The fourth-order valence-corrected chi connectivity index (χ4v) is 2.77. The third-order valence-electron chi connectivity index (χ3n) is 4.34. The maximum atomic E-state index is 14.3. The second-order valence-corrected chi connectivity index (χ2v) is 7.88. The minimum absolute atomic E-state index is 0.0345. The van der Waals surface area contributed by atoms with E-state index in [1.165, 1.54) is 30.7 Å². The van der Waals surface area contributed by atoms with Gasteiger partial charge in [-0.1, -0.05) is 0 Å².